The van der Waals surface area contributed by atoms with Crippen LogP contribution in [0.25, 0.3) is 0 Å². The third-order valence-electron chi connectivity index (χ3n) is 3.91. The van der Waals surface area contributed by atoms with Crippen molar-refractivity contribution >= 4 is 13.3 Å². The van der Waals surface area contributed by atoms with E-state index in [1.54, 1.807) is 0 Å². The lowest BCUT2D eigenvalue weighted by molar-refractivity contribution is 0.693. The van der Waals surface area contributed by atoms with Crippen molar-refractivity contribution in [3.05, 3.63) is 65.2 Å². The van der Waals surface area contributed by atoms with Crippen molar-refractivity contribution in [2.75, 3.05) is 0 Å². The Morgan fingerprint density at radius 2 is 1.14 bits per heavy atom. The van der Waals surface area contributed by atoms with Crippen molar-refractivity contribution in [1.82, 2.24) is 5.32 Å². The number of hydrogen-bond acceptors (Lipinski definition) is 1. The van der Waals surface area contributed by atoms with Gasteiger partial charge in [-0.05, 0) is 23.1 Å². The Morgan fingerprint density at radius 1 is 0.714 bits per heavy atom. The monoisotopic (exact) mass is 297 g/mol. The molecule has 1 N–H and O–H groups in total. The number of aryl methyl sites for hydroxylation is 1. The third kappa shape index (κ3) is 4.83. The molecule has 0 saturated heterocycles. The van der Waals surface area contributed by atoms with Crippen molar-refractivity contribution in [2.24, 2.45) is 0 Å². The van der Waals surface area contributed by atoms with E-state index in [1.165, 1.54) is 21.9 Å². The summed E-state index contributed by atoms with van der Waals surface area (Å²) in [6.07, 6.45) is 1.11. The van der Waals surface area contributed by atoms with E-state index in [9.17, 15) is 0 Å². The number of rotatable bonds is 6. The average Bonchev–Trinajstić information content (AvgIpc) is 2.47. The van der Waals surface area contributed by atoms with Gasteiger partial charge in [-0.1, -0.05) is 80.3 Å². The Hall–Kier alpha value is -1.38. The summed E-state index contributed by atoms with van der Waals surface area (Å²) in [5.74, 6) is 0. The van der Waals surface area contributed by atoms with Crippen LogP contribution in [0, 0.1) is 0 Å². The molecule has 0 heterocycles. The molecule has 0 radical (unpaired) electrons. The Kier molecular flexibility index (Phi) is 5.37. The molecular weight excluding hydrogens is 270 g/mol. The van der Waals surface area contributed by atoms with Crippen LogP contribution in [0.2, 0.25) is 19.6 Å². The standard InChI is InChI=1S/C19H27NSi/c1-5-16-6-8-17(9-7-16)14-20-15-18-10-12-19(13-11-18)21(2,3)4/h6-13,20H,5,14-15H2,1-4H3. The molecule has 0 atom stereocenters. The zero-order chi connectivity index (χ0) is 15.3. The number of nitrogens with one attached hydrogen (secondary N) is 1. The number of hydrogen-bond donors (Lipinski definition) is 1. The summed E-state index contributed by atoms with van der Waals surface area (Å²) in [4.78, 5) is 0. The van der Waals surface area contributed by atoms with Gasteiger partial charge < -0.3 is 5.32 Å². The van der Waals surface area contributed by atoms with Crippen LogP contribution >= 0.6 is 0 Å². The van der Waals surface area contributed by atoms with Crippen LogP contribution in [0.15, 0.2) is 48.5 Å². The first kappa shape index (κ1) is 16.0. The molecule has 0 amide bonds. The van der Waals surface area contributed by atoms with Gasteiger partial charge in [-0.15, -0.1) is 0 Å². The van der Waals surface area contributed by atoms with Gasteiger partial charge in [0.15, 0.2) is 0 Å². The fourth-order valence-electron chi connectivity index (χ4n) is 2.37. The molecule has 21 heavy (non-hydrogen) atoms. The van der Waals surface area contributed by atoms with Gasteiger partial charge in [0.2, 0.25) is 0 Å². The van der Waals surface area contributed by atoms with Crippen LogP contribution < -0.4 is 10.5 Å². The van der Waals surface area contributed by atoms with Crippen molar-refractivity contribution in [3.63, 3.8) is 0 Å². The molecule has 0 saturated carbocycles. The topological polar surface area (TPSA) is 12.0 Å². The fourth-order valence-corrected chi connectivity index (χ4v) is 3.53. The van der Waals surface area contributed by atoms with E-state index in [0.717, 1.165) is 19.5 Å². The van der Waals surface area contributed by atoms with Gasteiger partial charge in [0.1, 0.15) is 0 Å². The van der Waals surface area contributed by atoms with E-state index in [2.05, 4.69) is 80.4 Å². The van der Waals surface area contributed by atoms with Gasteiger partial charge in [-0.2, -0.15) is 0 Å². The van der Waals surface area contributed by atoms with Crippen LogP contribution in [0.3, 0.4) is 0 Å². The van der Waals surface area contributed by atoms with Gasteiger partial charge in [0, 0.05) is 13.1 Å². The smallest absolute Gasteiger partial charge is 0.0775 e. The predicted octanol–water partition coefficient (Wildman–Crippen LogP) is 4.08. The molecule has 0 aliphatic rings. The van der Waals surface area contributed by atoms with Gasteiger partial charge in [-0.3, -0.25) is 0 Å². The molecule has 2 heteroatoms. The first-order chi connectivity index (χ1) is 9.99. The van der Waals surface area contributed by atoms with Crippen LogP contribution in [0.4, 0.5) is 0 Å². The SMILES string of the molecule is CCc1ccc(CNCc2ccc([Si](C)(C)C)cc2)cc1. The minimum Gasteiger partial charge on any atom is -0.309 e. The Morgan fingerprint density at radius 3 is 1.57 bits per heavy atom. The Bertz CT molecular complexity index is 550. The summed E-state index contributed by atoms with van der Waals surface area (Å²) in [6.45, 7) is 11.2. The third-order valence-corrected chi connectivity index (χ3v) is 5.97. The van der Waals surface area contributed by atoms with Crippen LogP contribution in [-0.4, -0.2) is 8.07 Å². The van der Waals surface area contributed by atoms with Crippen molar-refractivity contribution in [1.29, 1.82) is 0 Å². The lowest BCUT2D eigenvalue weighted by Crippen LogP contribution is -2.37. The molecule has 2 rings (SSSR count). The molecule has 0 aromatic heterocycles. The first-order valence-corrected chi connectivity index (χ1v) is 11.4. The van der Waals surface area contributed by atoms with Crippen LogP contribution in [-0.2, 0) is 19.5 Å². The fraction of sp³-hybridized carbons (Fsp3) is 0.368. The molecule has 0 bridgehead atoms. The predicted molar refractivity (Wildman–Crippen MR) is 95.8 cm³/mol. The average molecular weight is 298 g/mol. The second-order valence-corrected chi connectivity index (χ2v) is 11.8. The molecule has 2 aromatic carbocycles. The molecule has 112 valence electrons. The Balaban J connectivity index is 1.85. The van der Waals surface area contributed by atoms with E-state index in [0.29, 0.717) is 0 Å². The lowest BCUT2D eigenvalue weighted by atomic mass is 10.1. The van der Waals surface area contributed by atoms with Crippen LogP contribution in [0.5, 0.6) is 0 Å². The molecule has 0 fully saturated rings. The van der Waals surface area contributed by atoms with E-state index >= 15 is 0 Å². The maximum absolute atomic E-state index is 3.52. The summed E-state index contributed by atoms with van der Waals surface area (Å²) in [5, 5.41) is 5.05. The second kappa shape index (κ2) is 7.06. The summed E-state index contributed by atoms with van der Waals surface area (Å²) < 4.78 is 0. The van der Waals surface area contributed by atoms with E-state index < -0.39 is 8.07 Å². The maximum Gasteiger partial charge on any atom is 0.0775 e. The quantitative estimate of drug-likeness (QED) is 0.792. The van der Waals surface area contributed by atoms with Crippen molar-refractivity contribution in [3.8, 4) is 0 Å². The molecule has 0 unspecified atom stereocenters. The first-order valence-electron chi connectivity index (χ1n) is 7.87. The van der Waals surface area contributed by atoms with E-state index in [4.69, 9.17) is 0 Å². The second-order valence-electron chi connectivity index (χ2n) is 6.72. The molecule has 0 spiro atoms. The number of benzene rings is 2. The highest BCUT2D eigenvalue weighted by atomic mass is 28.3. The minimum atomic E-state index is -1.17. The van der Waals surface area contributed by atoms with Gasteiger partial charge in [-0.25, -0.2) is 0 Å². The normalized spacial score (nSPS) is 11.6. The largest absolute Gasteiger partial charge is 0.309 e. The highest BCUT2D eigenvalue weighted by molar-refractivity contribution is 6.88. The molecule has 1 nitrogen and oxygen atoms in total. The van der Waals surface area contributed by atoms with E-state index in [-0.39, 0.29) is 0 Å². The summed E-state index contributed by atoms with van der Waals surface area (Å²) in [6, 6.07) is 18.0. The zero-order valence-electron chi connectivity index (χ0n) is 13.7. The minimum absolute atomic E-state index is 0.930. The molecule has 2 aromatic rings. The summed E-state index contributed by atoms with van der Waals surface area (Å²) in [5.41, 5.74) is 4.12. The van der Waals surface area contributed by atoms with Gasteiger partial charge >= 0.3 is 0 Å². The van der Waals surface area contributed by atoms with E-state index in [1.807, 2.05) is 0 Å². The molecule has 0 aliphatic heterocycles. The van der Waals surface area contributed by atoms with Crippen LogP contribution in [0.1, 0.15) is 23.6 Å². The van der Waals surface area contributed by atoms with Crippen molar-refractivity contribution in [2.45, 2.75) is 46.1 Å². The van der Waals surface area contributed by atoms with Crippen molar-refractivity contribution < 1.29 is 0 Å². The summed E-state index contributed by atoms with van der Waals surface area (Å²) >= 11 is 0. The highest BCUT2D eigenvalue weighted by Gasteiger charge is 2.15. The highest BCUT2D eigenvalue weighted by Crippen LogP contribution is 2.07. The van der Waals surface area contributed by atoms with Gasteiger partial charge in [0.25, 0.3) is 0 Å². The Labute approximate surface area is 130 Å². The maximum atomic E-state index is 3.52. The zero-order valence-corrected chi connectivity index (χ0v) is 14.7. The lowest BCUT2D eigenvalue weighted by Gasteiger charge is -2.16. The molecule has 0 aliphatic carbocycles. The summed E-state index contributed by atoms with van der Waals surface area (Å²) in [7, 11) is -1.17. The van der Waals surface area contributed by atoms with Gasteiger partial charge in [0.05, 0.1) is 8.07 Å². The molecular formula is C19H27NSi.